The van der Waals surface area contributed by atoms with Crippen LogP contribution in [0.3, 0.4) is 0 Å². The molecule has 0 saturated carbocycles. The van der Waals surface area contributed by atoms with E-state index in [1.807, 2.05) is 0 Å². The van der Waals surface area contributed by atoms with Crippen molar-refractivity contribution in [2.75, 3.05) is 11.1 Å². The van der Waals surface area contributed by atoms with E-state index in [0.29, 0.717) is 40.3 Å². The lowest BCUT2D eigenvalue weighted by molar-refractivity contribution is 0.248. The smallest absolute Gasteiger partial charge is 0.341 e. The van der Waals surface area contributed by atoms with Crippen LogP contribution in [0, 0.1) is 6.92 Å². The molecule has 4 aromatic heterocycles. The Balaban J connectivity index is 1.92. The van der Waals surface area contributed by atoms with E-state index >= 15 is 0 Å². The monoisotopic (exact) mass is 350 g/mol. The average molecular weight is 350 g/mol. The number of nitrogen functional groups attached to an aromatic ring is 1. The Kier molecular flexibility index (Phi) is 3.46. The Bertz CT molecular complexity index is 1110. The molecule has 4 heterocycles. The SMILES string of the molecule is Cc1nc(N)cc(-c2c(Nc3ccnn3C(N)=O)nc3cccnn23)n1. The summed E-state index contributed by atoms with van der Waals surface area (Å²) in [5, 5.41) is 11.3. The van der Waals surface area contributed by atoms with Crippen LogP contribution in [0.15, 0.2) is 36.7 Å². The number of rotatable bonds is 3. The van der Waals surface area contributed by atoms with Crippen LogP contribution in [0.1, 0.15) is 5.82 Å². The molecule has 4 rings (SSSR count). The summed E-state index contributed by atoms with van der Waals surface area (Å²) in [6, 6.07) is 6.07. The molecule has 0 spiro atoms. The summed E-state index contributed by atoms with van der Waals surface area (Å²) < 4.78 is 2.65. The summed E-state index contributed by atoms with van der Waals surface area (Å²) in [5.41, 5.74) is 12.9. The van der Waals surface area contributed by atoms with Crippen LogP contribution >= 0.6 is 0 Å². The van der Waals surface area contributed by atoms with E-state index in [2.05, 4.69) is 30.5 Å². The van der Waals surface area contributed by atoms with Crippen LogP contribution in [0.2, 0.25) is 0 Å². The van der Waals surface area contributed by atoms with Crippen molar-refractivity contribution in [3.8, 4) is 11.4 Å². The Morgan fingerprint density at radius 1 is 1.15 bits per heavy atom. The third kappa shape index (κ3) is 2.56. The average Bonchev–Trinajstić information content (AvgIpc) is 3.18. The van der Waals surface area contributed by atoms with Gasteiger partial charge in [-0.05, 0) is 19.1 Å². The fourth-order valence-electron chi connectivity index (χ4n) is 2.61. The van der Waals surface area contributed by atoms with Crippen molar-refractivity contribution < 1.29 is 4.79 Å². The van der Waals surface area contributed by atoms with Crippen LogP contribution in [-0.2, 0) is 0 Å². The summed E-state index contributed by atoms with van der Waals surface area (Å²) in [6.45, 7) is 1.74. The van der Waals surface area contributed by atoms with Gasteiger partial charge in [-0.3, -0.25) is 0 Å². The van der Waals surface area contributed by atoms with Gasteiger partial charge in [0.1, 0.15) is 23.2 Å². The molecule has 130 valence electrons. The van der Waals surface area contributed by atoms with Gasteiger partial charge in [-0.1, -0.05) is 0 Å². The molecular weight excluding hydrogens is 336 g/mol. The molecule has 11 heteroatoms. The third-order valence-corrected chi connectivity index (χ3v) is 3.59. The van der Waals surface area contributed by atoms with Gasteiger partial charge in [0.15, 0.2) is 11.5 Å². The minimum Gasteiger partial charge on any atom is -0.384 e. The molecule has 26 heavy (non-hydrogen) atoms. The predicted molar refractivity (Wildman–Crippen MR) is 93.7 cm³/mol. The van der Waals surface area contributed by atoms with E-state index < -0.39 is 6.03 Å². The summed E-state index contributed by atoms with van der Waals surface area (Å²) in [7, 11) is 0. The maximum atomic E-state index is 11.5. The normalized spacial score (nSPS) is 11.0. The second kappa shape index (κ2) is 5.81. The molecule has 5 N–H and O–H groups in total. The van der Waals surface area contributed by atoms with Crippen molar-refractivity contribution in [2.45, 2.75) is 6.92 Å². The van der Waals surface area contributed by atoms with E-state index in [9.17, 15) is 4.79 Å². The molecule has 0 bridgehead atoms. The van der Waals surface area contributed by atoms with Gasteiger partial charge in [-0.2, -0.15) is 14.9 Å². The number of nitrogens with zero attached hydrogens (tertiary/aromatic N) is 7. The third-order valence-electron chi connectivity index (χ3n) is 3.59. The molecule has 0 aliphatic carbocycles. The van der Waals surface area contributed by atoms with Gasteiger partial charge in [0.05, 0.1) is 11.9 Å². The highest BCUT2D eigenvalue weighted by Crippen LogP contribution is 2.30. The number of carbonyl (C=O) groups is 1. The zero-order valence-corrected chi connectivity index (χ0v) is 13.7. The molecule has 0 fully saturated rings. The standard InChI is InChI=1S/C15H14N10O/c1-8-20-9(7-10(16)21-8)13-14(22-11-3-2-5-18-24(11)13)23-12-4-6-19-25(12)15(17)26/h2-7,23H,1H3,(H2,17,26)(H2,16,20,21). The zero-order chi connectivity index (χ0) is 18.3. The van der Waals surface area contributed by atoms with E-state index in [-0.39, 0.29) is 0 Å². The Morgan fingerprint density at radius 2 is 2.00 bits per heavy atom. The number of imidazole rings is 1. The topological polar surface area (TPSA) is 155 Å². The highest BCUT2D eigenvalue weighted by molar-refractivity contribution is 5.82. The highest BCUT2D eigenvalue weighted by Gasteiger charge is 2.19. The van der Waals surface area contributed by atoms with E-state index in [1.165, 1.54) is 6.20 Å². The van der Waals surface area contributed by atoms with Crippen LogP contribution < -0.4 is 16.8 Å². The number of nitrogens with one attached hydrogen (secondary N) is 1. The predicted octanol–water partition coefficient (Wildman–Crippen LogP) is 0.944. The molecule has 0 aliphatic rings. The maximum absolute atomic E-state index is 11.5. The lowest BCUT2D eigenvalue weighted by Gasteiger charge is -2.08. The molecule has 4 aromatic rings. The number of primary amides is 1. The largest absolute Gasteiger partial charge is 0.384 e. The lowest BCUT2D eigenvalue weighted by Crippen LogP contribution is -2.22. The fourth-order valence-corrected chi connectivity index (χ4v) is 2.61. The van der Waals surface area contributed by atoms with E-state index in [4.69, 9.17) is 11.5 Å². The molecule has 0 aromatic carbocycles. The van der Waals surface area contributed by atoms with E-state index in [0.717, 1.165) is 4.68 Å². The highest BCUT2D eigenvalue weighted by atomic mass is 16.2. The molecular formula is C15H14N10O. The number of fused-ring (bicyclic) bond motifs is 1. The van der Waals surface area contributed by atoms with Crippen LogP contribution in [0.5, 0.6) is 0 Å². The molecule has 0 aliphatic heterocycles. The minimum absolute atomic E-state index is 0.325. The number of amides is 1. The van der Waals surface area contributed by atoms with Crippen LogP contribution in [0.25, 0.3) is 17.0 Å². The van der Waals surface area contributed by atoms with Crippen molar-refractivity contribution in [3.05, 3.63) is 42.5 Å². The summed E-state index contributed by atoms with van der Waals surface area (Å²) >= 11 is 0. The van der Waals surface area contributed by atoms with Gasteiger partial charge >= 0.3 is 6.03 Å². The van der Waals surface area contributed by atoms with Crippen molar-refractivity contribution in [3.63, 3.8) is 0 Å². The van der Waals surface area contributed by atoms with Crippen molar-refractivity contribution in [2.24, 2.45) is 5.73 Å². The second-order valence-electron chi connectivity index (χ2n) is 5.42. The molecule has 0 saturated heterocycles. The van der Waals surface area contributed by atoms with Gasteiger partial charge in [-0.15, -0.1) is 0 Å². The Labute approximate surface area is 146 Å². The first-order chi connectivity index (χ1) is 12.5. The number of carbonyl (C=O) groups excluding carboxylic acids is 1. The van der Waals surface area contributed by atoms with Crippen molar-refractivity contribution >= 4 is 29.1 Å². The Morgan fingerprint density at radius 3 is 2.77 bits per heavy atom. The van der Waals surface area contributed by atoms with Gasteiger partial charge in [0.2, 0.25) is 0 Å². The quantitative estimate of drug-likeness (QED) is 0.493. The number of hydrogen-bond acceptors (Lipinski definition) is 8. The molecule has 11 nitrogen and oxygen atoms in total. The lowest BCUT2D eigenvalue weighted by atomic mass is 10.3. The summed E-state index contributed by atoms with van der Waals surface area (Å²) in [5.74, 6) is 1.62. The number of nitrogens with two attached hydrogens (primary N) is 2. The minimum atomic E-state index is -0.719. The second-order valence-corrected chi connectivity index (χ2v) is 5.42. The maximum Gasteiger partial charge on any atom is 0.341 e. The van der Waals surface area contributed by atoms with Crippen molar-refractivity contribution in [1.29, 1.82) is 0 Å². The summed E-state index contributed by atoms with van der Waals surface area (Å²) in [6.07, 6.45) is 3.08. The van der Waals surface area contributed by atoms with Crippen LogP contribution in [0.4, 0.5) is 22.2 Å². The Hall–Kier alpha value is -4.02. The molecule has 1 amide bonds. The molecule has 0 radical (unpaired) electrons. The first-order valence-corrected chi connectivity index (χ1v) is 7.59. The van der Waals surface area contributed by atoms with Gasteiger partial charge in [0, 0.05) is 18.3 Å². The molecule has 0 unspecified atom stereocenters. The first-order valence-electron chi connectivity index (χ1n) is 7.59. The molecule has 0 atom stereocenters. The van der Waals surface area contributed by atoms with Crippen molar-refractivity contribution in [1.82, 2.24) is 34.3 Å². The van der Waals surface area contributed by atoms with Gasteiger partial charge in [0.25, 0.3) is 0 Å². The van der Waals surface area contributed by atoms with Crippen LogP contribution in [-0.4, -0.2) is 40.4 Å². The zero-order valence-electron chi connectivity index (χ0n) is 13.7. The number of anilines is 3. The fraction of sp³-hybridized carbons (Fsp3) is 0.0667. The van der Waals surface area contributed by atoms with Gasteiger partial charge < -0.3 is 16.8 Å². The van der Waals surface area contributed by atoms with E-state index in [1.54, 1.807) is 41.9 Å². The summed E-state index contributed by atoms with van der Waals surface area (Å²) in [4.78, 5) is 24.5. The first kappa shape index (κ1) is 15.5. The van der Waals surface area contributed by atoms with Gasteiger partial charge in [-0.25, -0.2) is 24.3 Å². The number of aromatic nitrogens is 7. The number of aryl methyl sites for hydroxylation is 1. The number of hydrogen-bond donors (Lipinski definition) is 3.